The highest BCUT2D eigenvalue weighted by Crippen LogP contribution is 2.13. The highest BCUT2D eigenvalue weighted by atomic mass is 32.1. The van der Waals surface area contributed by atoms with Gasteiger partial charge in [0.05, 0.1) is 25.3 Å². The molecule has 1 aromatic rings. The molecule has 7 heteroatoms. The van der Waals surface area contributed by atoms with E-state index in [1.807, 2.05) is 12.3 Å². The number of amides is 1. The lowest BCUT2D eigenvalue weighted by Gasteiger charge is -2.14. The van der Waals surface area contributed by atoms with Crippen LogP contribution < -0.4 is 5.32 Å². The van der Waals surface area contributed by atoms with Gasteiger partial charge in [-0.15, -0.1) is 11.3 Å². The summed E-state index contributed by atoms with van der Waals surface area (Å²) in [6.45, 7) is 4.73. The van der Waals surface area contributed by atoms with Crippen molar-refractivity contribution < 1.29 is 14.3 Å². The molecule has 0 unspecified atom stereocenters. The number of rotatable bonds is 7. The zero-order valence-corrected chi connectivity index (χ0v) is 12.2. The molecule has 106 valence electrons. The zero-order valence-electron chi connectivity index (χ0n) is 11.4. The van der Waals surface area contributed by atoms with Crippen LogP contribution in [-0.2, 0) is 14.3 Å². The topological polar surface area (TPSA) is 71.5 Å². The van der Waals surface area contributed by atoms with Crippen LogP contribution in [0.15, 0.2) is 5.38 Å². The lowest BCUT2D eigenvalue weighted by molar-refractivity contribution is -0.143. The van der Waals surface area contributed by atoms with Gasteiger partial charge in [-0.1, -0.05) is 0 Å². The molecule has 0 atom stereocenters. The Morgan fingerprint density at radius 2 is 2.26 bits per heavy atom. The Bertz CT molecular complexity index is 434. The molecule has 1 heterocycles. The fourth-order valence-corrected chi connectivity index (χ4v) is 2.11. The van der Waals surface area contributed by atoms with E-state index in [4.69, 9.17) is 4.74 Å². The van der Waals surface area contributed by atoms with E-state index >= 15 is 0 Å². The maximum atomic E-state index is 11.7. The Labute approximate surface area is 116 Å². The van der Waals surface area contributed by atoms with Crippen LogP contribution in [0.1, 0.15) is 19.0 Å². The minimum atomic E-state index is -0.245. The molecular formula is C12H19N3O3S. The number of likely N-dealkylation sites (N-methyl/N-ethyl adjacent to an activating group) is 1. The Hall–Kier alpha value is -1.47. The van der Waals surface area contributed by atoms with Gasteiger partial charge in [-0.3, -0.25) is 14.5 Å². The van der Waals surface area contributed by atoms with E-state index in [1.54, 1.807) is 18.9 Å². The predicted octanol–water partition coefficient (Wildman–Crippen LogP) is 1.28. The molecule has 0 saturated heterocycles. The van der Waals surface area contributed by atoms with E-state index in [0.717, 1.165) is 5.69 Å². The van der Waals surface area contributed by atoms with Crippen LogP contribution in [0.3, 0.4) is 0 Å². The number of aromatic nitrogens is 1. The molecule has 0 spiro atoms. The number of aryl methyl sites for hydroxylation is 1. The normalized spacial score (nSPS) is 10.5. The number of hydrogen-bond donors (Lipinski definition) is 1. The lowest BCUT2D eigenvalue weighted by atomic mass is 10.4. The number of carbonyl (C=O) groups excluding carboxylic acids is 2. The van der Waals surface area contributed by atoms with E-state index in [9.17, 15) is 9.59 Å². The molecule has 1 N–H and O–H groups in total. The summed E-state index contributed by atoms with van der Waals surface area (Å²) in [5.41, 5.74) is 0.885. The number of anilines is 1. The fourth-order valence-electron chi connectivity index (χ4n) is 1.41. The smallest absolute Gasteiger partial charge is 0.307 e. The van der Waals surface area contributed by atoms with E-state index in [1.165, 1.54) is 11.3 Å². The van der Waals surface area contributed by atoms with Gasteiger partial charge < -0.3 is 10.1 Å². The number of thiazole rings is 1. The van der Waals surface area contributed by atoms with Crippen LogP contribution in [-0.4, -0.2) is 48.5 Å². The third-order valence-electron chi connectivity index (χ3n) is 2.28. The first kappa shape index (κ1) is 15.6. The fraction of sp³-hybridized carbons (Fsp3) is 0.583. The number of carbonyl (C=O) groups is 2. The number of hydrogen-bond acceptors (Lipinski definition) is 6. The molecule has 0 aliphatic heterocycles. The average molecular weight is 285 g/mol. The summed E-state index contributed by atoms with van der Waals surface area (Å²) >= 11 is 1.39. The number of ether oxygens (including phenoxy) is 1. The largest absolute Gasteiger partial charge is 0.466 e. The van der Waals surface area contributed by atoms with Gasteiger partial charge in [-0.05, 0) is 20.9 Å². The van der Waals surface area contributed by atoms with Crippen molar-refractivity contribution in [3.63, 3.8) is 0 Å². The van der Waals surface area contributed by atoms with Crippen molar-refractivity contribution >= 4 is 28.3 Å². The Balaban J connectivity index is 2.26. The molecule has 1 amide bonds. The average Bonchev–Trinajstić information content (AvgIpc) is 2.72. The molecule has 0 aromatic carbocycles. The summed E-state index contributed by atoms with van der Waals surface area (Å²) in [5, 5.41) is 5.19. The van der Waals surface area contributed by atoms with E-state index < -0.39 is 0 Å². The first-order valence-electron chi connectivity index (χ1n) is 6.07. The van der Waals surface area contributed by atoms with Gasteiger partial charge in [-0.2, -0.15) is 0 Å². The Morgan fingerprint density at radius 3 is 2.84 bits per heavy atom. The van der Waals surface area contributed by atoms with Crippen LogP contribution in [0.2, 0.25) is 0 Å². The first-order valence-corrected chi connectivity index (χ1v) is 6.95. The predicted molar refractivity (Wildman–Crippen MR) is 74.2 cm³/mol. The van der Waals surface area contributed by atoms with Crippen molar-refractivity contribution in [3.8, 4) is 0 Å². The molecule has 0 saturated carbocycles. The standard InChI is InChI=1S/C12H19N3O3S/c1-4-18-11(17)5-6-15(3)7-10(16)14-12-13-9(2)8-19-12/h8H,4-7H2,1-3H3,(H,13,14,16). The van der Waals surface area contributed by atoms with E-state index in [-0.39, 0.29) is 24.8 Å². The van der Waals surface area contributed by atoms with Gasteiger partial charge in [0, 0.05) is 11.9 Å². The van der Waals surface area contributed by atoms with Crippen molar-refractivity contribution in [2.75, 3.05) is 32.1 Å². The zero-order chi connectivity index (χ0) is 14.3. The van der Waals surface area contributed by atoms with Gasteiger partial charge in [0.2, 0.25) is 5.91 Å². The van der Waals surface area contributed by atoms with Gasteiger partial charge in [-0.25, -0.2) is 4.98 Å². The van der Waals surface area contributed by atoms with Crippen molar-refractivity contribution in [3.05, 3.63) is 11.1 Å². The van der Waals surface area contributed by atoms with Crippen LogP contribution in [0.25, 0.3) is 0 Å². The molecule has 6 nitrogen and oxygen atoms in total. The van der Waals surface area contributed by atoms with E-state index in [0.29, 0.717) is 18.3 Å². The van der Waals surface area contributed by atoms with Crippen molar-refractivity contribution in [1.29, 1.82) is 0 Å². The third-order valence-corrected chi connectivity index (χ3v) is 3.16. The molecule has 0 aliphatic carbocycles. The second-order valence-electron chi connectivity index (χ2n) is 4.14. The van der Waals surface area contributed by atoms with Crippen molar-refractivity contribution in [2.24, 2.45) is 0 Å². The molecule has 1 rings (SSSR count). The quantitative estimate of drug-likeness (QED) is 0.764. The summed E-state index contributed by atoms with van der Waals surface area (Å²) in [7, 11) is 1.78. The first-order chi connectivity index (χ1) is 9.01. The number of esters is 1. The van der Waals surface area contributed by atoms with Crippen LogP contribution in [0.5, 0.6) is 0 Å². The maximum absolute atomic E-state index is 11.7. The minimum absolute atomic E-state index is 0.138. The van der Waals surface area contributed by atoms with E-state index in [2.05, 4.69) is 10.3 Å². The van der Waals surface area contributed by atoms with Crippen LogP contribution in [0, 0.1) is 6.92 Å². The highest BCUT2D eigenvalue weighted by Gasteiger charge is 2.10. The van der Waals surface area contributed by atoms with Crippen molar-refractivity contribution in [1.82, 2.24) is 9.88 Å². The van der Waals surface area contributed by atoms with Crippen LogP contribution in [0.4, 0.5) is 5.13 Å². The minimum Gasteiger partial charge on any atom is -0.466 e. The second-order valence-corrected chi connectivity index (χ2v) is 4.99. The molecule has 0 bridgehead atoms. The Morgan fingerprint density at radius 1 is 1.53 bits per heavy atom. The monoisotopic (exact) mass is 285 g/mol. The van der Waals surface area contributed by atoms with Crippen molar-refractivity contribution in [2.45, 2.75) is 20.3 Å². The summed E-state index contributed by atoms with van der Waals surface area (Å²) in [5.74, 6) is -0.383. The maximum Gasteiger partial charge on any atom is 0.307 e. The third kappa shape index (κ3) is 6.30. The molecule has 1 aromatic heterocycles. The summed E-state index contributed by atoms with van der Waals surface area (Å²) in [4.78, 5) is 28.8. The number of nitrogens with one attached hydrogen (secondary N) is 1. The summed E-state index contributed by atoms with van der Waals surface area (Å²) in [6.07, 6.45) is 0.286. The summed E-state index contributed by atoms with van der Waals surface area (Å²) < 4.78 is 4.82. The second kappa shape index (κ2) is 7.85. The molecular weight excluding hydrogens is 266 g/mol. The molecule has 0 radical (unpaired) electrons. The van der Waals surface area contributed by atoms with Gasteiger partial charge >= 0.3 is 5.97 Å². The SMILES string of the molecule is CCOC(=O)CCN(C)CC(=O)Nc1nc(C)cs1. The van der Waals surface area contributed by atoms with Gasteiger partial charge in [0.15, 0.2) is 5.13 Å². The van der Waals surface area contributed by atoms with Gasteiger partial charge in [0.1, 0.15) is 0 Å². The number of nitrogens with zero attached hydrogens (tertiary/aromatic N) is 2. The highest BCUT2D eigenvalue weighted by molar-refractivity contribution is 7.13. The molecule has 0 fully saturated rings. The Kier molecular flexibility index (Phi) is 6.44. The van der Waals surface area contributed by atoms with Crippen LogP contribution >= 0.6 is 11.3 Å². The summed E-state index contributed by atoms with van der Waals surface area (Å²) in [6, 6.07) is 0. The molecule has 0 aliphatic rings. The van der Waals surface area contributed by atoms with Gasteiger partial charge in [0.25, 0.3) is 0 Å². The molecule has 19 heavy (non-hydrogen) atoms. The lowest BCUT2D eigenvalue weighted by Crippen LogP contribution is -2.32.